The highest BCUT2D eigenvalue weighted by atomic mass is 16.7. The molecule has 0 bridgehead atoms. The number of anilines is 2. The molecule has 2 heterocycles. The van der Waals surface area contributed by atoms with Crippen molar-refractivity contribution in [3.8, 4) is 0 Å². The van der Waals surface area contributed by atoms with Crippen LogP contribution in [0.15, 0.2) is 78.9 Å². The van der Waals surface area contributed by atoms with Crippen molar-refractivity contribution in [2.24, 2.45) is 5.92 Å². The molecule has 0 aromatic heterocycles. The van der Waals surface area contributed by atoms with E-state index in [2.05, 4.69) is 4.74 Å². The minimum absolute atomic E-state index is 0.133. The lowest BCUT2D eigenvalue weighted by Gasteiger charge is -2.28. The number of carbonyl (C=O) groups excluding carboxylic acids is 3. The molecule has 0 unspecified atom stereocenters. The van der Waals surface area contributed by atoms with Crippen LogP contribution in [0, 0.1) is 16.0 Å². The van der Waals surface area contributed by atoms with Crippen molar-refractivity contribution >= 4 is 34.8 Å². The molecule has 3 aromatic rings. The fourth-order valence-corrected chi connectivity index (χ4v) is 4.49. The van der Waals surface area contributed by atoms with Gasteiger partial charge in [-0.25, -0.2) is 14.8 Å². The van der Waals surface area contributed by atoms with E-state index < -0.39 is 40.8 Å². The van der Waals surface area contributed by atoms with Gasteiger partial charge in [-0.15, -0.1) is 0 Å². The van der Waals surface area contributed by atoms with Crippen LogP contribution in [-0.4, -0.2) is 35.9 Å². The van der Waals surface area contributed by atoms with Crippen LogP contribution < -0.4 is 9.96 Å². The standard InChI is InChI=1S/C25H19N3O7/c1-34-25(31)15-10-12-17(13-11-15)26-23(29)20-21(16-6-5-9-19(14-16)28(32)33)27(35-22(20)24(26)30)18-7-3-2-4-8-18/h2-14,20-22H,1H3/t20-,21-,22-/m0/s1. The minimum Gasteiger partial charge on any atom is -0.465 e. The van der Waals surface area contributed by atoms with Crippen LogP contribution in [0.4, 0.5) is 17.1 Å². The minimum atomic E-state index is -1.12. The van der Waals surface area contributed by atoms with Crippen LogP contribution >= 0.6 is 0 Å². The normalized spacial score (nSPS) is 21.2. The summed E-state index contributed by atoms with van der Waals surface area (Å²) >= 11 is 0. The van der Waals surface area contributed by atoms with Crippen LogP contribution in [0.2, 0.25) is 0 Å². The summed E-state index contributed by atoms with van der Waals surface area (Å²) in [5.74, 6) is -2.54. The molecule has 3 atom stereocenters. The molecule has 2 amide bonds. The number of esters is 1. The quantitative estimate of drug-likeness (QED) is 0.239. The number of amides is 2. The van der Waals surface area contributed by atoms with Gasteiger partial charge in [0.2, 0.25) is 5.91 Å². The van der Waals surface area contributed by atoms with Gasteiger partial charge in [-0.05, 0) is 42.0 Å². The summed E-state index contributed by atoms with van der Waals surface area (Å²) in [6.07, 6.45) is -1.12. The zero-order chi connectivity index (χ0) is 24.7. The van der Waals surface area contributed by atoms with Crippen molar-refractivity contribution in [2.45, 2.75) is 12.1 Å². The Hall–Kier alpha value is -4.57. The highest BCUT2D eigenvalue weighted by Gasteiger charge is 2.60. The summed E-state index contributed by atoms with van der Waals surface area (Å²) in [6.45, 7) is 0. The molecule has 0 radical (unpaired) electrons. The Morgan fingerprint density at radius 3 is 2.31 bits per heavy atom. The third kappa shape index (κ3) is 3.69. The number of benzene rings is 3. The van der Waals surface area contributed by atoms with Gasteiger partial charge in [-0.2, -0.15) is 0 Å². The molecule has 0 aliphatic carbocycles. The molecule has 5 rings (SSSR count). The summed E-state index contributed by atoms with van der Waals surface area (Å²) in [6, 6.07) is 20.0. The van der Waals surface area contributed by atoms with E-state index >= 15 is 0 Å². The number of non-ortho nitro benzene ring substituents is 1. The van der Waals surface area contributed by atoms with Gasteiger partial charge in [0, 0.05) is 12.1 Å². The zero-order valence-electron chi connectivity index (χ0n) is 18.4. The number of rotatable bonds is 5. The molecule has 2 aliphatic heterocycles. The number of hydrogen-bond donors (Lipinski definition) is 0. The average molecular weight is 473 g/mol. The van der Waals surface area contributed by atoms with E-state index in [1.807, 2.05) is 6.07 Å². The molecule has 3 aromatic carbocycles. The molecular formula is C25H19N3O7. The van der Waals surface area contributed by atoms with E-state index in [0.29, 0.717) is 11.3 Å². The average Bonchev–Trinajstić information content (AvgIpc) is 3.40. The first kappa shape index (κ1) is 22.2. The van der Waals surface area contributed by atoms with Gasteiger partial charge < -0.3 is 4.74 Å². The highest BCUT2D eigenvalue weighted by Crippen LogP contribution is 2.47. The summed E-state index contributed by atoms with van der Waals surface area (Å²) in [7, 11) is 1.26. The van der Waals surface area contributed by atoms with Crippen molar-refractivity contribution in [3.63, 3.8) is 0 Å². The first-order valence-electron chi connectivity index (χ1n) is 10.7. The number of nitro benzene ring substituents is 1. The van der Waals surface area contributed by atoms with Crippen LogP contribution in [0.5, 0.6) is 0 Å². The third-order valence-corrected chi connectivity index (χ3v) is 6.10. The molecular weight excluding hydrogens is 454 g/mol. The molecule has 2 fully saturated rings. The molecule has 0 N–H and O–H groups in total. The Kier molecular flexibility index (Phi) is 5.50. The first-order chi connectivity index (χ1) is 16.9. The van der Waals surface area contributed by atoms with Crippen molar-refractivity contribution < 1.29 is 28.9 Å². The SMILES string of the molecule is COC(=O)c1ccc(N2C(=O)[C@@H]3[C@H](ON(c4ccccc4)[C@H]3c3cccc([N+](=O)[O-])c3)C2=O)cc1. The lowest BCUT2D eigenvalue weighted by Crippen LogP contribution is -2.37. The van der Waals surface area contributed by atoms with Crippen molar-refractivity contribution in [3.05, 3.63) is 100 Å². The van der Waals surface area contributed by atoms with E-state index in [4.69, 9.17) is 4.84 Å². The topological polar surface area (TPSA) is 119 Å². The monoisotopic (exact) mass is 473 g/mol. The number of fused-ring (bicyclic) bond motifs is 1. The number of hydrogen-bond acceptors (Lipinski definition) is 8. The fourth-order valence-electron chi connectivity index (χ4n) is 4.49. The molecule has 10 nitrogen and oxygen atoms in total. The van der Waals surface area contributed by atoms with E-state index in [1.165, 1.54) is 54.6 Å². The summed E-state index contributed by atoms with van der Waals surface area (Å²) in [4.78, 5) is 56.7. The van der Waals surface area contributed by atoms with Gasteiger partial charge in [0.1, 0.15) is 5.92 Å². The Labute approximate surface area is 199 Å². The maximum Gasteiger partial charge on any atom is 0.337 e. The molecule has 2 saturated heterocycles. The largest absolute Gasteiger partial charge is 0.465 e. The van der Waals surface area contributed by atoms with Crippen LogP contribution in [0.1, 0.15) is 22.0 Å². The number of ether oxygens (including phenoxy) is 1. The summed E-state index contributed by atoms with van der Waals surface area (Å²) < 4.78 is 4.69. The predicted molar refractivity (Wildman–Crippen MR) is 123 cm³/mol. The Balaban J connectivity index is 1.55. The predicted octanol–water partition coefficient (Wildman–Crippen LogP) is 3.43. The van der Waals surface area contributed by atoms with Crippen LogP contribution in [0.25, 0.3) is 0 Å². The van der Waals surface area contributed by atoms with Gasteiger partial charge in [0.15, 0.2) is 6.10 Å². The van der Waals surface area contributed by atoms with Gasteiger partial charge in [0.05, 0.1) is 35.0 Å². The van der Waals surface area contributed by atoms with Crippen molar-refractivity contribution in [1.29, 1.82) is 0 Å². The number of hydroxylamine groups is 1. The maximum atomic E-state index is 13.6. The fraction of sp³-hybridized carbons (Fsp3) is 0.160. The Bertz CT molecular complexity index is 1330. The number of para-hydroxylation sites is 1. The molecule has 0 saturated carbocycles. The van der Waals surface area contributed by atoms with Gasteiger partial charge >= 0.3 is 5.97 Å². The number of nitrogens with zero attached hydrogens (tertiary/aromatic N) is 3. The molecule has 2 aliphatic rings. The highest BCUT2D eigenvalue weighted by molar-refractivity contribution is 6.24. The van der Waals surface area contributed by atoms with Crippen molar-refractivity contribution in [1.82, 2.24) is 0 Å². The Morgan fingerprint density at radius 2 is 1.66 bits per heavy atom. The van der Waals surface area contributed by atoms with E-state index in [9.17, 15) is 24.5 Å². The summed E-state index contributed by atoms with van der Waals surface area (Å²) in [5, 5.41) is 12.9. The second-order valence-electron chi connectivity index (χ2n) is 8.06. The zero-order valence-corrected chi connectivity index (χ0v) is 18.4. The van der Waals surface area contributed by atoms with Gasteiger partial charge in [-0.1, -0.05) is 30.3 Å². The van der Waals surface area contributed by atoms with Crippen molar-refractivity contribution in [2.75, 3.05) is 17.1 Å². The van der Waals surface area contributed by atoms with Gasteiger partial charge in [0.25, 0.3) is 11.6 Å². The second kappa shape index (κ2) is 8.65. The number of methoxy groups -OCH3 is 1. The van der Waals surface area contributed by atoms with E-state index in [0.717, 1.165) is 4.90 Å². The molecule has 10 heteroatoms. The van der Waals surface area contributed by atoms with Crippen LogP contribution in [0.3, 0.4) is 0 Å². The lowest BCUT2D eigenvalue weighted by atomic mass is 9.90. The molecule has 176 valence electrons. The van der Waals surface area contributed by atoms with E-state index in [1.54, 1.807) is 30.3 Å². The van der Waals surface area contributed by atoms with E-state index in [-0.39, 0.29) is 16.9 Å². The van der Waals surface area contributed by atoms with Crippen LogP contribution in [-0.2, 0) is 19.2 Å². The number of carbonyl (C=O) groups is 3. The first-order valence-corrected chi connectivity index (χ1v) is 10.7. The smallest absolute Gasteiger partial charge is 0.337 e. The lowest BCUT2D eigenvalue weighted by molar-refractivity contribution is -0.384. The Morgan fingerprint density at radius 1 is 0.943 bits per heavy atom. The molecule has 0 spiro atoms. The van der Waals surface area contributed by atoms with Gasteiger partial charge in [-0.3, -0.25) is 24.5 Å². The second-order valence-corrected chi connectivity index (χ2v) is 8.06. The number of imide groups is 1. The maximum absolute atomic E-state index is 13.6. The third-order valence-electron chi connectivity index (χ3n) is 6.10. The molecule has 35 heavy (non-hydrogen) atoms. The summed E-state index contributed by atoms with van der Waals surface area (Å²) in [5.41, 5.74) is 1.50. The number of nitro groups is 1.